The molecule has 5 heteroatoms. The Kier molecular flexibility index (Phi) is 3.18. The first-order valence-corrected chi connectivity index (χ1v) is 5.08. The number of rotatable bonds is 4. The topological polar surface area (TPSA) is 63.3 Å². The van der Waals surface area contributed by atoms with Crippen LogP contribution in [0.5, 0.6) is 0 Å². The third kappa shape index (κ3) is 2.69. The second-order valence-corrected chi connectivity index (χ2v) is 3.59. The lowest BCUT2D eigenvalue weighted by Crippen LogP contribution is -2.00. The van der Waals surface area contributed by atoms with E-state index in [0.717, 1.165) is 5.56 Å². The van der Waals surface area contributed by atoms with E-state index < -0.39 is 5.97 Å². The molecule has 0 bridgehead atoms. The first-order valence-electron chi connectivity index (χ1n) is 5.08. The minimum absolute atomic E-state index is 0.0760. The van der Waals surface area contributed by atoms with Crippen LogP contribution in [0, 0.1) is 5.82 Å². The van der Waals surface area contributed by atoms with Crippen molar-refractivity contribution in [3.05, 3.63) is 53.2 Å². The number of aromatic nitrogens is 1. The highest BCUT2D eigenvalue weighted by atomic mass is 19.1. The van der Waals surface area contributed by atoms with E-state index in [9.17, 15) is 9.18 Å². The average molecular weight is 235 g/mol. The number of nitrogens with zero attached hydrogens (tertiary/aromatic N) is 1. The largest absolute Gasteiger partial charge is 0.478 e. The Bertz CT molecular complexity index is 519. The minimum atomic E-state index is -1.06. The van der Waals surface area contributed by atoms with Crippen molar-refractivity contribution in [1.82, 2.24) is 5.16 Å². The SMILES string of the molecule is O=C(O)c1cnoc1CCc1ccc(F)cc1. The molecular formula is C12H10FNO3. The summed E-state index contributed by atoms with van der Waals surface area (Å²) in [4.78, 5) is 10.8. The number of carboxylic acid groups (broad SMARTS) is 1. The normalized spacial score (nSPS) is 10.4. The van der Waals surface area contributed by atoms with Crippen molar-refractivity contribution in [2.75, 3.05) is 0 Å². The Hall–Kier alpha value is -2.17. The molecule has 0 saturated carbocycles. The van der Waals surface area contributed by atoms with E-state index in [0.29, 0.717) is 18.6 Å². The smallest absolute Gasteiger partial charge is 0.340 e. The summed E-state index contributed by atoms with van der Waals surface area (Å²) < 4.78 is 17.5. The van der Waals surface area contributed by atoms with Crippen molar-refractivity contribution in [3.8, 4) is 0 Å². The van der Waals surface area contributed by atoms with Gasteiger partial charge in [-0.05, 0) is 24.1 Å². The molecule has 1 aromatic carbocycles. The molecule has 2 aromatic rings. The highest BCUT2D eigenvalue weighted by Gasteiger charge is 2.14. The van der Waals surface area contributed by atoms with Crippen LogP contribution in [0.1, 0.15) is 21.7 Å². The van der Waals surface area contributed by atoms with Crippen LogP contribution >= 0.6 is 0 Å². The molecule has 2 rings (SSSR count). The molecule has 0 aliphatic heterocycles. The summed E-state index contributed by atoms with van der Waals surface area (Å²) in [7, 11) is 0. The van der Waals surface area contributed by atoms with Crippen molar-refractivity contribution in [3.63, 3.8) is 0 Å². The molecule has 0 aliphatic carbocycles. The predicted molar refractivity (Wildman–Crippen MR) is 57.3 cm³/mol. The molecule has 0 spiro atoms. The van der Waals surface area contributed by atoms with Crippen molar-refractivity contribution < 1.29 is 18.8 Å². The van der Waals surface area contributed by atoms with E-state index in [2.05, 4.69) is 5.16 Å². The maximum Gasteiger partial charge on any atom is 0.340 e. The number of hydrogen-bond acceptors (Lipinski definition) is 3. The summed E-state index contributed by atoms with van der Waals surface area (Å²) in [5.74, 6) is -1.01. The van der Waals surface area contributed by atoms with Crippen LogP contribution in [-0.4, -0.2) is 16.2 Å². The van der Waals surface area contributed by atoms with Crippen LogP contribution in [0.2, 0.25) is 0 Å². The lowest BCUT2D eigenvalue weighted by molar-refractivity contribution is 0.0694. The van der Waals surface area contributed by atoms with E-state index in [4.69, 9.17) is 9.63 Å². The van der Waals surface area contributed by atoms with E-state index in [1.54, 1.807) is 12.1 Å². The summed E-state index contributed by atoms with van der Waals surface area (Å²) in [6.45, 7) is 0. The first-order chi connectivity index (χ1) is 8.16. The number of hydrogen-bond donors (Lipinski definition) is 1. The molecule has 17 heavy (non-hydrogen) atoms. The summed E-state index contributed by atoms with van der Waals surface area (Å²) in [5.41, 5.74) is 0.992. The van der Waals surface area contributed by atoms with Gasteiger partial charge in [0.25, 0.3) is 0 Å². The Morgan fingerprint density at radius 1 is 1.29 bits per heavy atom. The second-order valence-electron chi connectivity index (χ2n) is 3.59. The predicted octanol–water partition coefficient (Wildman–Crippen LogP) is 2.30. The molecule has 0 aliphatic rings. The van der Waals surface area contributed by atoms with Gasteiger partial charge in [0.15, 0.2) is 5.76 Å². The van der Waals surface area contributed by atoms with Crippen LogP contribution in [0.3, 0.4) is 0 Å². The number of halogens is 1. The molecule has 0 unspecified atom stereocenters. The summed E-state index contributed by atoms with van der Waals surface area (Å²) in [6.07, 6.45) is 2.19. The van der Waals surface area contributed by atoms with E-state index in [1.165, 1.54) is 18.3 Å². The van der Waals surface area contributed by atoms with Gasteiger partial charge in [0, 0.05) is 6.42 Å². The maximum absolute atomic E-state index is 12.7. The number of aryl methyl sites for hydroxylation is 2. The summed E-state index contributed by atoms with van der Waals surface area (Å²) in [6, 6.07) is 6.06. The number of benzene rings is 1. The van der Waals surface area contributed by atoms with Gasteiger partial charge in [0.1, 0.15) is 11.4 Å². The van der Waals surface area contributed by atoms with Crippen molar-refractivity contribution >= 4 is 5.97 Å². The van der Waals surface area contributed by atoms with Gasteiger partial charge in [-0.2, -0.15) is 0 Å². The summed E-state index contributed by atoms with van der Waals surface area (Å²) >= 11 is 0. The monoisotopic (exact) mass is 235 g/mol. The van der Waals surface area contributed by atoms with E-state index >= 15 is 0 Å². The Balaban J connectivity index is 2.05. The van der Waals surface area contributed by atoms with Gasteiger partial charge < -0.3 is 9.63 Å². The van der Waals surface area contributed by atoms with Gasteiger partial charge >= 0.3 is 5.97 Å². The fourth-order valence-electron chi connectivity index (χ4n) is 1.53. The van der Waals surface area contributed by atoms with Crippen molar-refractivity contribution in [1.29, 1.82) is 0 Å². The van der Waals surface area contributed by atoms with Gasteiger partial charge in [0.05, 0.1) is 6.20 Å². The average Bonchev–Trinajstić information content (AvgIpc) is 2.76. The molecule has 1 N–H and O–H groups in total. The van der Waals surface area contributed by atoms with Gasteiger partial charge in [0.2, 0.25) is 0 Å². The summed E-state index contributed by atoms with van der Waals surface area (Å²) in [5, 5.41) is 12.3. The second kappa shape index (κ2) is 4.78. The van der Waals surface area contributed by atoms with Crippen LogP contribution in [0.25, 0.3) is 0 Å². The molecule has 0 amide bonds. The quantitative estimate of drug-likeness (QED) is 0.883. The lowest BCUT2D eigenvalue weighted by Gasteiger charge is -1.99. The number of aromatic carboxylic acids is 1. The standard InChI is InChI=1S/C12H10FNO3/c13-9-4-1-8(2-5-9)3-6-11-10(12(15)16)7-14-17-11/h1-2,4-5,7H,3,6H2,(H,15,16). The molecular weight excluding hydrogens is 225 g/mol. The van der Waals surface area contributed by atoms with Crippen LogP contribution in [0.15, 0.2) is 35.0 Å². The third-order valence-corrected chi connectivity index (χ3v) is 2.43. The van der Waals surface area contributed by atoms with Crippen molar-refractivity contribution in [2.45, 2.75) is 12.8 Å². The van der Waals surface area contributed by atoms with Gasteiger partial charge in [-0.3, -0.25) is 0 Å². The van der Waals surface area contributed by atoms with Gasteiger partial charge in [-0.15, -0.1) is 0 Å². The molecule has 88 valence electrons. The lowest BCUT2D eigenvalue weighted by atomic mass is 10.1. The molecule has 0 radical (unpaired) electrons. The van der Waals surface area contributed by atoms with Crippen LogP contribution < -0.4 is 0 Å². The molecule has 1 heterocycles. The highest BCUT2D eigenvalue weighted by Crippen LogP contribution is 2.12. The zero-order chi connectivity index (χ0) is 12.3. The molecule has 1 aromatic heterocycles. The van der Waals surface area contributed by atoms with Crippen LogP contribution in [-0.2, 0) is 12.8 Å². The Labute approximate surface area is 96.7 Å². The third-order valence-electron chi connectivity index (χ3n) is 2.43. The zero-order valence-corrected chi connectivity index (χ0v) is 8.89. The molecule has 0 atom stereocenters. The van der Waals surface area contributed by atoms with Gasteiger partial charge in [-0.1, -0.05) is 17.3 Å². The molecule has 4 nitrogen and oxygen atoms in total. The first kappa shape index (κ1) is 11.3. The van der Waals surface area contributed by atoms with E-state index in [1.807, 2.05) is 0 Å². The molecule has 0 saturated heterocycles. The fourth-order valence-corrected chi connectivity index (χ4v) is 1.53. The highest BCUT2D eigenvalue weighted by molar-refractivity contribution is 5.88. The van der Waals surface area contributed by atoms with Gasteiger partial charge in [-0.25, -0.2) is 9.18 Å². The molecule has 0 fully saturated rings. The van der Waals surface area contributed by atoms with E-state index in [-0.39, 0.29) is 11.4 Å². The van der Waals surface area contributed by atoms with Crippen molar-refractivity contribution in [2.24, 2.45) is 0 Å². The minimum Gasteiger partial charge on any atom is -0.478 e. The Morgan fingerprint density at radius 2 is 2.00 bits per heavy atom. The maximum atomic E-state index is 12.7. The zero-order valence-electron chi connectivity index (χ0n) is 8.89. The fraction of sp³-hybridized carbons (Fsp3) is 0.167. The van der Waals surface area contributed by atoms with Crippen LogP contribution in [0.4, 0.5) is 4.39 Å². The Morgan fingerprint density at radius 3 is 2.65 bits per heavy atom. The number of carbonyl (C=O) groups is 1. The number of carboxylic acids is 1.